The fraction of sp³-hybridized carbons (Fsp3) is 0.500. The Hall–Kier alpha value is -2.07. The average molecular weight is 354 g/mol. The lowest BCUT2D eigenvalue weighted by Crippen LogP contribution is -2.31. The van der Waals surface area contributed by atoms with Gasteiger partial charge in [-0.15, -0.1) is 0 Å². The summed E-state index contributed by atoms with van der Waals surface area (Å²) in [6.07, 6.45) is 5.34. The zero-order chi connectivity index (χ0) is 19.1. The molecule has 2 N–H and O–H groups in total. The van der Waals surface area contributed by atoms with Crippen LogP contribution in [-0.4, -0.2) is 35.0 Å². The Morgan fingerprint density at radius 1 is 1.27 bits per heavy atom. The Labute approximate surface area is 156 Å². The molecule has 0 fully saturated rings. The molecule has 0 spiro atoms. The van der Waals surface area contributed by atoms with Crippen LogP contribution in [0.1, 0.15) is 57.0 Å². The van der Waals surface area contributed by atoms with E-state index in [1.807, 2.05) is 45.2 Å². The first-order chi connectivity index (χ1) is 12.2. The minimum atomic E-state index is -0.388. The number of rotatable bonds is 4. The molecule has 0 saturated carbocycles. The zero-order valence-corrected chi connectivity index (χ0v) is 16.7. The Morgan fingerprint density at radius 2 is 2.00 bits per heavy atom. The molecular formula is C22H31N3O. The van der Waals surface area contributed by atoms with Crippen LogP contribution in [0.3, 0.4) is 0 Å². The number of fused-ring (bicyclic) bond motifs is 1. The van der Waals surface area contributed by atoms with Crippen LogP contribution in [0.2, 0.25) is 0 Å². The first kappa shape index (κ1) is 18.7. The van der Waals surface area contributed by atoms with Crippen LogP contribution >= 0.6 is 0 Å². The Morgan fingerprint density at radius 3 is 2.58 bits per heavy atom. The summed E-state index contributed by atoms with van der Waals surface area (Å²) in [6.45, 7) is 13.6. The number of ketones is 1. The van der Waals surface area contributed by atoms with E-state index in [9.17, 15) is 4.79 Å². The summed E-state index contributed by atoms with van der Waals surface area (Å²) < 4.78 is 1.68. The summed E-state index contributed by atoms with van der Waals surface area (Å²) in [4.78, 5) is 15.2. The molecule has 4 heteroatoms. The Balaban J connectivity index is 1.97. The van der Waals surface area contributed by atoms with Gasteiger partial charge in [0.15, 0.2) is 5.78 Å². The zero-order valence-electron chi connectivity index (χ0n) is 16.7. The van der Waals surface area contributed by atoms with E-state index < -0.39 is 0 Å². The lowest BCUT2D eigenvalue weighted by Gasteiger charge is -2.27. The summed E-state index contributed by atoms with van der Waals surface area (Å²) in [7, 11) is 0. The van der Waals surface area contributed by atoms with E-state index in [0.717, 1.165) is 48.1 Å². The number of nitrogens with zero attached hydrogens (tertiary/aromatic N) is 2. The van der Waals surface area contributed by atoms with E-state index in [-0.39, 0.29) is 11.2 Å². The van der Waals surface area contributed by atoms with E-state index >= 15 is 0 Å². The van der Waals surface area contributed by atoms with E-state index in [1.54, 1.807) is 4.68 Å². The second-order valence-electron chi connectivity index (χ2n) is 8.89. The van der Waals surface area contributed by atoms with Crippen molar-refractivity contribution in [1.29, 1.82) is 0 Å². The second-order valence-corrected chi connectivity index (χ2v) is 8.89. The van der Waals surface area contributed by atoms with E-state index in [2.05, 4.69) is 24.8 Å². The third-order valence-corrected chi connectivity index (χ3v) is 5.04. The molecule has 0 saturated heterocycles. The van der Waals surface area contributed by atoms with Gasteiger partial charge >= 0.3 is 0 Å². The maximum absolute atomic E-state index is 12.7. The largest absolute Gasteiger partial charge is 0.339 e. The SMILES string of the molecule is CC(C)CN1CC=C(c2cn(N)c3ccc(C(=O)C(C)(C)C)cc23)CC1. The molecule has 0 amide bonds. The number of hydrogen-bond acceptors (Lipinski definition) is 3. The molecule has 4 nitrogen and oxygen atoms in total. The van der Waals surface area contributed by atoms with Gasteiger partial charge in [-0.2, -0.15) is 0 Å². The number of carbonyl (C=O) groups excluding carboxylic acids is 1. The molecule has 2 heterocycles. The highest BCUT2D eigenvalue weighted by Crippen LogP contribution is 2.32. The van der Waals surface area contributed by atoms with Crippen molar-refractivity contribution < 1.29 is 4.79 Å². The summed E-state index contributed by atoms with van der Waals surface area (Å²) in [5.74, 6) is 7.03. The number of nitrogen functional groups attached to an aromatic ring is 1. The molecule has 26 heavy (non-hydrogen) atoms. The van der Waals surface area contributed by atoms with E-state index in [1.165, 1.54) is 5.57 Å². The Bertz CT molecular complexity index is 852. The molecule has 1 aliphatic heterocycles. The molecule has 0 unspecified atom stereocenters. The van der Waals surface area contributed by atoms with Gasteiger partial charge in [0.1, 0.15) is 0 Å². The van der Waals surface area contributed by atoms with Crippen molar-refractivity contribution in [3.63, 3.8) is 0 Å². The number of aromatic nitrogens is 1. The lowest BCUT2D eigenvalue weighted by atomic mass is 9.86. The quantitative estimate of drug-likeness (QED) is 0.657. The molecule has 2 aromatic rings. The Kier molecular flexibility index (Phi) is 4.98. The van der Waals surface area contributed by atoms with Gasteiger partial charge in [0.2, 0.25) is 0 Å². The first-order valence-electron chi connectivity index (χ1n) is 9.53. The van der Waals surface area contributed by atoms with Gasteiger partial charge in [0.05, 0.1) is 5.52 Å². The average Bonchev–Trinajstić information content (AvgIpc) is 2.90. The molecule has 140 valence electrons. The van der Waals surface area contributed by atoms with Gasteiger partial charge in [-0.1, -0.05) is 40.7 Å². The minimum absolute atomic E-state index is 0.163. The van der Waals surface area contributed by atoms with Gasteiger partial charge in [-0.25, -0.2) is 0 Å². The van der Waals surface area contributed by atoms with Crippen LogP contribution in [0.4, 0.5) is 0 Å². The van der Waals surface area contributed by atoms with E-state index in [4.69, 9.17) is 5.84 Å². The summed E-state index contributed by atoms with van der Waals surface area (Å²) >= 11 is 0. The molecule has 0 radical (unpaired) electrons. The summed E-state index contributed by atoms with van der Waals surface area (Å²) in [5.41, 5.74) is 3.83. The fourth-order valence-electron chi connectivity index (χ4n) is 3.72. The van der Waals surface area contributed by atoms with Crippen molar-refractivity contribution in [2.24, 2.45) is 11.3 Å². The predicted molar refractivity (Wildman–Crippen MR) is 110 cm³/mol. The van der Waals surface area contributed by atoms with Gasteiger partial charge in [-0.05, 0) is 36.1 Å². The van der Waals surface area contributed by atoms with Crippen molar-refractivity contribution in [2.45, 2.75) is 41.0 Å². The normalized spacial score (nSPS) is 16.3. The minimum Gasteiger partial charge on any atom is -0.339 e. The molecular weight excluding hydrogens is 322 g/mol. The number of nitrogens with two attached hydrogens (primary N) is 1. The molecule has 3 rings (SSSR count). The van der Waals surface area contributed by atoms with E-state index in [0.29, 0.717) is 5.92 Å². The second kappa shape index (κ2) is 6.92. The molecule has 1 aromatic carbocycles. The monoisotopic (exact) mass is 353 g/mol. The van der Waals surface area contributed by atoms with Gasteiger partial charge in [0.25, 0.3) is 0 Å². The number of hydrogen-bond donors (Lipinski definition) is 1. The smallest absolute Gasteiger partial charge is 0.168 e. The van der Waals surface area contributed by atoms with Crippen LogP contribution in [0.25, 0.3) is 16.5 Å². The first-order valence-corrected chi connectivity index (χ1v) is 9.53. The fourth-order valence-corrected chi connectivity index (χ4v) is 3.72. The molecule has 1 aliphatic rings. The number of Topliss-reactive ketones (excluding diaryl/α,β-unsaturated/α-hetero) is 1. The standard InChI is InChI=1S/C22H31N3O/c1-15(2)13-24-10-8-16(9-11-24)19-14-25(23)20-7-6-17(12-18(19)20)21(26)22(3,4)5/h6-8,12,14-15H,9-11,13,23H2,1-5H3. The predicted octanol–water partition coefficient (Wildman–Crippen LogP) is 4.33. The van der Waals surface area contributed by atoms with Gasteiger partial charge in [0, 0.05) is 47.8 Å². The molecule has 0 aliphatic carbocycles. The highest BCUT2D eigenvalue weighted by atomic mass is 16.1. The van der Waals surface area contributed by atoms with Crippen LogP contribution in [0, 0.1) is 11.3 Å². The number of benzene rings is 1. The highest BCUT2D eigenvalue weighted by molar-refractivity contribution is 6.04. The maximum atomic E-state index is 12.7. The van der Waals surface area contributed by atoms with Crippen molar-refractivity contribution >= 4 is 22.3 Å². The van der Waals surface area contributed by atoms with Crippen LogP contribution in [0.5, 0.6) is 0 Å². The molecule has 0 atom stereocenters. The summed E-state index contributed by atoms with van der Waals surface area (Å²) in [5, 5.41) is 1.08. The van der Waals surface area contributed by atoms with Crippen LogP contribution in [0.15, 0.2) is 30.5 Å². The van der Waals surface area contributed by atoms with Crippen molar-refractivity contribution in [2.75, 3.05) is 25.5 Å². The topological polar surface area (TPSA) is 51.3 Å². The van der Waals surface area contributed by atoms with Crippen molar-refractivity contribution in [3.05, 3.63) is 41.6 Å². The third-order valence-electron chi connectivity index (χ3n) is 5.04. The lowest BCUT2D eigenvalue weighted by molar-refractivity contribution is 0.0858. The third kappa shape index (κ3) is 3.70. The number of carbonyl (C=O) groups is 1. The maximum Gasteiger partial charge on any atom is 0.168 e. The van der Waals surface area contributed by atoms with Crippen LogP contribution in [-0.2, 0) is 0 Å². The van der Waals surface area contributed by atoms with Gasteiger partial charge in [-0.3, -0.25) is 14.4 Å². The molecule has 0 bridgehead atoms. The molecule has 1 aromatic heterocycles. The van der Waals surface area contributed by atoms with Crippen molar-refractivity contribution in [1.82, 2.24) is 9.58 Å². The van der Waals surface area contributed by atoms with Crippen molar-refractivity contribution in [3.8, 4) is 0 Å². The van der Waals surface area contributed by atoms with Gasteiger partial charge < -0.3 is 5.84 Å². The van der Waals surface area contributed by atoms with Crippen LogP contribution < -0.4 is 5.84 Å². The highest BCUT2D eigenvalue weighted by Gasteiger charge is 2.24. The summed E-state index contributed by atoms with van der Waals surface area (Å²) in [6, 6.07) is 5.87.